The number of aromatic nitrogens is 2. The van der Waals surface area contributed by atoms with Gasteiger partial charge in [-0.05, 0) is 30.0 Å². The van der Waals surface area contributed by atoms with Crippen LogP contribution in [0.2, 0.25) is 0 Å². The summed E-state index contributed by atoms with van der Waals surface area (Å²) in [5.41, 5.74) is 7.51. The topological polar surface area (TPSA) is 51.8 Å². The third-order valence-corrected chi connectivity index (χ3v) is 3.09. The van der Waals surface area contributed by atoms with Crippen LogP contribution >= 0.6 is 0 Å². The van der Waals surface area contributed by atoms with Crippen molar-refractivity contribution >= 4 is 0 Å². The first-order valence-corrected chi connectivity index (χ1v) is 6.47. The summed E-state index contributed by atoms with van der Waals surface area (Å²) in [4.78, 5) is 8.54. The van der Waals surface area contributed by atoms with E-state index >= 15 is 0 Å². The maximum Gasteiger partial charge on any atom is 0.132 e. The van der Waals surface area contributed by atoms with Crippen LogP contribution in [0.15, 0.2) is 36.7 Å². The van der Waals surface area contributed by atoms with E-state index in [0.717, 1.165) is 18.4 Å². The number of hydrogen-bond acceptors (Lipinski definition) is 3. The Morgan fingerprint density at radius 1 is 1.21 bits per heavy atom. The molecule has 4 heteroatoms. The van der Waals surface area contributed by atoms with E-state index in [1.807, 2.05) is 6.07 Å². The highest BCUT2D eigenvalue weighted by molar-refractivity contribution is 5.21. The second-order valence-corrected chi connectivity index (χ2v) is 4.65. The van der Waals surface area contributed by atoms with E-state index in [9.17, 15) is 4.39 Å². The van der Waals surface area contributed by atoms with Gasteiger partial charge in [0.2, 0.25) is 0 Å². The van der Waals surface area contributed by atoms with Crippen LogP contribution in [-0.2, 0) is 12.8 Å². The maximum absolute atomic E-state index is 13.5. The highest BCUT2D eigenvalue weighted by atomic mass is 19.1. The monoisotopic (exact) mass is 259 g/mol. The van der Waals surface area contributed by atoms with Gasteiger partial charge in [-0.3, -0.25) is 0 Å². The van der Waals surface area contributed by atoms with Crippen molar-refractivity contribution in [3.8, 4) is 0 Å². The fourth-order valence-corrected chi connectivity index (χ4v) is 1.84. The predicted molar refractivity (Wildman–Crippen MR) is 73.2 cm³/mol. The van der Waals surface area contributed by atoms with Gasteiger partial charge in [-0.15, -0.1) is 0 Å². The summed E-state index contributed by atoms with van der Waals surface area (Å²) >= 11 is 0. The number of nitrogens with two attached hydrogens (primary N) is 1. The largest absolute Gasteiger partial charge is 0.327 e. The molecule has 1 unspecified atom stereocenters. The van der Waals surface area contributed by atoms with E-state index in [4.69, 9.17) is 5.73 Å². The minimum absolute atomic E-state index is 0.140. The van der Waals surface area contributed by atoms with Gasteiger partial charge in [0.25, 0.3) is 0 Å². The van der Waals surface area contributed by atoms with E-state index in [-0.39, 0.29) is 11.9 Å². The van der Waals surface area contributed by atoms with Crippen molar-refractivity contribution in [1.29, 1.82) is 0 Å². The molecule has 1 aromatic carbocycles. The first kappa shape index (κ1) is 13.6. The van der Waals surface area contributed by atoms with Gasteiger partial charge in [0.05, 0.1) is 0 Å². The highest BCUT2D eigenvalue weighted by Crippen LogP contribution is 2.10. The normalized spacial score (nSPS) is 12.4. The molecule has 0 spiro atoms. The Kier molecular flexibility index (Phi) is 4.58. The van der Waals surface area contributed by atoms with E-state index in [2.05, 4.69) is 16.9 Å². The van der Waals surface area contributed by atoms with Crippen molar-refractivity contribution in [3.63, 3.8) is 0 Å². The van der Waals surface area contributed by atoms with Crippen molar-refractivity contribution in [2.75, 3.05) is 0 Å². The lowest BCUT2D eigenvalue weighted by molar-refractivity contribution is 0.611. The molecule has 19 heavy (non-hydrogen) atoms. The number of halogens is 1. The Balaban J connectivity index is 2.05. The number of rotatable bonds is 5. The molecule has 0 fully saturated rings. The molecule has 1 heterocycles. The SMILES string of the molecule is CCC(N)Cc1cnc(Cc2ccccc2F)nc1. The highest BCUT2D eigenvalue weighted by Gasteiger charge is 2.06. The summed E-state index contributed by atoms with van der Waals surface area (Å²) in [6.45, 7) is 2.05. The van der Waals surface area contributed by atoms with Crippen LogP contribution in [0.1, 0.15) is 30.3 Å². The van der Waals surface area contributed by atoms with Crippen molar-refractivity contribution in [2.45, 2.75) is 32.2 Å². The van der Waals surface area contributed by atoms with Crippen LogP contribution < -0.4 is 5.73 Å². The van der Waals surface area contributed by atoms with Crippen LogP contribution in [0.5, 0.6) is 0 Å². The minimum atomic E-state index is -0.219. The third-order valence-electron chi connectivity index (χ3n) is 3.09. The van der Waals surface area contributed by atoms with Crippen LogP contribution in [0.3, 0.4) is 0 Å². The lowest BCUT2D eigenvalue weighted by Gasteiger charge is -2.08. The number of hydrogen-bond donors (Lipinski definition) is 1. The van der Waals surface area contributed by atoms with Crippen molar-refractivity contribution in [2.24, 2.45) is 5.73 Å². The fraction of sp³-hybridized carbons (Fsp3) is 0.333. The summed E-state index contributed by atoms with van der Waals surface area (Å²) in [6, 6.07) is 6.83. The van der Waals surface area contributed by atoms with Gasteiger partial charge in [0.1, 0.15) is 11.6 Å². The number of nitrogens with zero attached hydrogens (tertiary/aromatic N) is 2. The zero-order chi connectivity index (χ0) is 13.7. The Morgan fingerprint density at radius 2 is 1.89 bits per heavy atom. The molecular weight excluding hydrogens is 241 g/mol. The zero-order valence-electron chi connectivity index (χ0n) is 11.0. The van der Waals surface area contributed by atoms with Gasteiger partial charge in [0.15, 0.2) is 0 Å². The third kappa shape index (κ3) is 3.83. The smallest absolute Gasteiger partial charge is 0.132 e. The summed E-state index contributed by atoms with van der Waals surface area (Å²) in [5.74, 6) is 0.405. The van der Waals surface area contributed by atoms with Crippen LogP contribution in [0, 0.1) is 5.82 Å². The average Bonchev–Trinajstić information content (AvgIpc) is 2.43. The molecule has 0 aliphatic heterocycles. The quantitative estimate of drug-likeness (QED) is 0.897. The van der Waals surface area contributed by atoms with E-state index in [0.29, 0.717) is 17.8 Å². The zero-order valence-corrected chi connectivity index (χ0v) is 11.0. The van der Waals surface area contributed by atoms with Crippen molar-refractivity contribution in [1.82, 2.24) is 9.97 Å². The molecular formula is C15H18FN3. The molecule has 2 N–H and O–H groups in total. The van der Waals surface area contributed by atoms with Gasteiger partial charge >= 0.3 is 0 Å². The molecule has 2 rings (SSSR count). The van der Waals surface area contributed by atoms with Gasteiger partial charge < -0.3 is 5.73 Å². The van der Waals surface area contributed by atoms with Crippen LogP contribution in [0.4, 0.5) is 4.39 Å². The standard InChI is InChI=1S/C15H18FN3/c1-2-13(17)7-11-9-18-15(19-10-11)8-12-5-3-4-6-14(12)16/h3-6,9-10,13H,2,7-8,17H2,1H3. The summed E-state index contributed by atoms with van der Waals surface area (Å²) in [7, 11) is 0. The first-order chi connectivity index (χ1) is 9.19. The molecule has 0 saturated heterocycles. The van der Waals surface area contributed by atoms with Crippen molar-refractivity contribution in [3.05, 3.63) is 59.4 Å². The van der Waals surface area contributed by atoms with E-state index in [1.165, 1.54) is 6.07 Å². The lowest BCUT2D eigenvalue weighted by Crippen LogP contribution is -2.21. The fourth-order valence-electron chi connectivity index (χ4n) is 1.84. The summed E-state index contributed by atoms with van der Waals surface area (Å²) in [6.07, 6.45) is 5.66. The Hall–Kier alpha value is -1.81. The molecule has 0 saturated carbocycles. The van der Waals surface area contributed by atoms with Crippen LogP contribution in [0.25, 0.3) is 0 Å². The van der Waals surface area contributed by atoms with Crippen LogP contribution in [-0.4, -0.2) is 16.0 Å². The Bertz CT molecular complexity index is 525. The molecule has 100 valence electrons. The molecule has 2 aromatic rings. The van der Waals surface area contributed by atoms with E-state index in [1.54, 1.807) is 24.5 Å². The molecule has 0 aliphatic carbocycles. The van der Waals surface area contributed by atoms with E-state index < -0.39 is 0 Å². The molecule has 3 nitrogen and oxygen atoms in total. The molecule has 0 bridgehead atoms. The minimum Gasteiger partial charge on any atom is -0.327 e. The lowest BCUT2D eigenvalue weighted by atomic mass is 10.1. The molecule has 1 atom stereocenters. The molecule has 0 amide bonds. The average molecular weight is 259 g/mol. The summed E-state index contributed by atoms with van der Waals surface area (Å²) in [5, 5.41) is 0. The summed E-state index contributed by atoms with van der Waals surface area (Å²) < 4.78 is 13.5. The van der Waals surface area contributed by atoms with Gasteiger partial charge in [-0.25, -0.2) is 14.4 Å². The van der Waals surface area contributed by atoms with Gasteiger partial charge in [-0.2, -0.15) is 0 Å². The molecule has 1 aromatic heterocycles. The van der Waals surface area contributed by atoms with Gasteiger partial charge in [0, 0.05) is 24.9 Å². The second-order valence-electron chi connectivity index (χ2n) is 4.65. The predicted octanol–water partition coefficient (Wildman–Crippen LogP) is 2.49. The Labute approximate surface area is 112 Å². The Morgan fingerprint density at radius 3 is 2.53 bits per heavy atom. The van der Waals surface area contributed by atoms with Gasteiger partial charge in [-0.1, -0.05) is 25.1 Å². The second kappa shape index (κ2) is 6.38. The maximum atomic E-state index is 13.5. The molecule has 0 radical (unpaired) electrons. The molecule has 0 aliphatic rings. The van der Waals surface area contributed by atoms with Crippen molar-refractivity contribution < 1.29 is 4.39 Å². The number of benzene rings is 1. The first-order valence-electron chi connectivity index (χ1n) is 6.47.